The van der Waals surface area contributed by atoms with Gasteiger partial charge in [0.2, 0.25) is 11.7 Å². The maximum Gasteiger partial charge on any atom is 0.409 e. The molecule has 1 amide bonds. The second-order valence-corrected chi connectivity index (χ2v) is 5.77. The van der Waals surface area contributed by atoms with E-state index in [-0.39, 0.29) is 6.09 Å². The Labute approximate surface area is 132 Å². The molecule has 0 saturated carbocycles. The standard InChI is InChI=1S/C14H18N4O3S/c1-2-20-14(19)18-6-4-17(5-7-18)9-12-15-13(16-21-12)11-3-8-22-10-11/h3,8,10H,2,4-7,9H2,1H3. The summed E-state index contributed by atoms with van der Waals surface area (Å²) in [7, 11) is 0. The van der Waals surface area contributed by atoms with Crippen LogP contribution in [0.15, 0.2) is 21.3 Å². The molecule has 1 saturated heterocycles. The molecular weight excluding hydrogens is 304 g/mol. The predicted octanol–water partition coefficient (Wildman–Crippen LogP) is 2.07. The Morgan fingerprint density at radius 2 is 2.23 bits per heavy atom. The summed E-state index contributed by atoms with van der Waals surface area (Å²) in [6, 6.07) is 1.97. The van der Waals surface area contributed by atoms with E-state index in [0.717, 1.165) is 18.7 Å². The first-order valence-corrected chi connectivity index (χ1v) is 8.19. The molecule has 118 valence electrons. The smallest absolute Gasteiger partial charge is 0.409 e. The van der Waals surface area contributed by atoms with Crippen LogP contribution in [0.3, 0.4) is 0 Å². The van der Waals surface area contributed by atoms with Crippen LogP contribution >= 0.6 is 11.3 Å². The molecule has 1 fully saturated rings. The summed E-state index contributed by atoms with van der Waals surface area (Å²) in [4.78, 5) is 20.0. The van der Waals surface area contributed by atoms with Crippen molar-refractivity contribution < 1.29 is 14.1 Å². The van der Waals surface area contributed by atoms with Gasteiger partial charge in [-0.05, 0) is 18.4 Å². The van der Waals surface area contributed by atoms with Crippen molar-refractivity contribution in [2.24, 2.45) is 0 Å². The summed E-state index contributed by atoms with van der Waals surface area (Å²) in [5.74, 6) is 1.23. The number of carbonyl (C=O) groups excluding carboxylic acids is 1. The van der Waals surface area contributed by atoms with Crippen LogP contribution in [-0.4, -0.2) is 58.8 Å². The summed E-state index contributed by atoms with van der Waals surface area (Å²) in [5, 5.41) is 7.98. The number of amides is 1. The Bertz CT molecular complexity index is 605. The number of rotatable bonds is 4. The summed E-state index contributed by atoms with van der Waals surface area (Å²) >= 11 is 1.60. The molecule has 0 spiro atoms. The molecule has 22 heavy (non-hydrogen) atoms. The molecule has 2 aromatic heterocycles. The number of hydrogen-bond acceptors (Lipinski definition) is 7. The van der Waals surface area contributed by atoms with Crippen molar-refractivity contribution in [3.05, 3.63) is 22.7 Å². The third kappa shape index (κ3) is 3.45. The predicted molar refractivity (Wildman–Crippen MR) is 81.5 cm³/mol. The molecule has 7 nitrogen and oxygen atoms in total. The van der Waals surface area contributed by atoms with E-state index in [0.29, 0.717) is 38.0 Å². The number of aromatic nitrogens is 2. The fraction of sp³-hybridized carbons (Fsp3) is 0.500. The monoisotopic (exact) mass is 322 g/mol. The van der Waals surface area contributed by atoms with Crippen molar-refractivity contribution in [3.63, 3.8) is 0 Å². The van der Waals surface area contributed by atoms with Crippen LogP contribution < -0.4 is 0 Å². The normalized spacial score (nSPS) is 16.0. The van der Waals surface area contributed by atoms with E-state index in [1.807, 2.05) is 23.8 Å². The van der Waals surface area contributed by atoms with Gasteiger partial charge in [0.15, 0.2) is 0 Å². The summed E-state index contributed by atoms with van der Waals surface area (Å²) in [6.45, 7) is 5.69. The lowest BCUT2D eigenvalue weighted by Gasteiger charge is -2.33. The molecule has 3 rings (SSSR count). The quantitative estimate of drug-likeness (QED) is 0.858. The first kappa shape index (κ1) is 15.0. The van der Waals surface area contributed by atoms with Gasteiger partial charge < -0.3 is 14.2 Å². The Morgan fingerprint density at radius 1 is 1.41 bits per heavy atom. The maximum atomic E-state index is 11.6. The third-order valence-electron chi connectivity index (χ3n) is 3.50. The summed E-state index contributed by atoms with van der Waals surface area (Å²) in [5.41, 5.74) is 0.979. The van der Waals surface area contributed by atoms with Crippen molar-refractivity contribution >= 4 is 17.4 Å². The lowest BCUT2D eigenvalue weighted by molar-refractivity contribution is 0.0749. The molecular formula is C14H18N4O3S. The fourth-order valence-electron chi connectivity index (χ4n) is 2.32. The van der Waals surface area contributed by atoms with Crippen LogP contribution in [0, 0.1) is 0 Å². The Balaban J connectivity index is 1.52. The highest BCUT2D eigenvalue weighted by molar-refractivity contribution is 7.08. The van der Waals surface area contributed by atoms with Gasteiger partial charge in [-0.25, -0.2) is 4.79 Å². The van der Waals surface area contributed by atoms with Crippen molar-refractivity contribution in [1.82, 2.24) is 19.9 Å². The number of thiophene rings is 1. The molecule has 1 aliphatic rings. The van der Waals surface area contributed by atoms with Crippen LogP contribution in [0.5, 0.6) is 0 Å². The van der Waals surface area contributed by atoms with E-state index < -0.39 is 0 Å². The molecule has 0 bridgehead atoms. The number of carbonyl (C=O) groups is 1. The van der Waals surface area contributed by atoms with Crippen molar-refractivity contribution in [2.45, 2.75) is 13.5 Å². The van der Waals surface area contributed by atoms with Crippen molar-refractivity contribution in [3.8, 4) is 11.4 Å². The molecule has 8 heteroatoms. The van der Waals surface area contributed by atoms with Crippen molar-refractivity contribution in [1.29, 1.82) is 0 Å². The van der Waals surface area contributed by atoms with Crippen LogP contribution in [0.4, 0.5) is 4.79 Å². The zero-order chi connectivity index (χ0) is 15.4. The highest BCUT2D eigenvalue weighted by Crippen LogP contribution is 2.19. The van der Waals surface area contributed by atoms with E-state index in [1.165, 1.54) is 0 Å². The van der Waals surface area contributed by atoms with E-state index in [2.05, 4.69) is 15.0 Å². The lowest BCUT2D eigenvalue weighted by Crippen LogP contribution is -2.48. The summed E-state index contributed by atoms with van der Waals surface area (Å²) < 4.78 is 10.3. The van der Waals surface area contributed by atoms with Crippen LogP contribution in [0.1, 0.15) is 12.8 Å². The molecule has 0 aromatic carbocycles. The minimum Gasteiger partial charge on any atom is -0.450 e. The topological polar surface area (TPSA) is 71.7 Å². The van der Waals surface area contributed by atoms with Gasteiger partial charge in [-0.1, -0.05) is 5.16 Å². The minimum absolute atomic E-state index is 0.236. The molecule has 0 N–H and O–H groups in total. The average molecular weight is 322 g/mol. The zero-order valence-electron chi connectivity index (χ0n) is 12.4. The van der Waals surface area contributed by atoms with E-state index in [4.69, 9.17) is 9.26 Å². The van der Waals surface area contributed by atoms with Gasteiger partial charge >= 0.3 is 6.09 Å². The average Bonchev–Trinajstić information content (AvgIpc) is 3.19. The third-order valence-corrected chi connectivity index (χ3v) is 4.19. The first-order chi connectivity index (χ1) is 10.8. The van der Waals surface area contributed by atoms with E-state index >= 15 is 0 Å². The highest BCUT2D eigenvalue weighted by Gasteiger charge is 2.23. The van der Waals surface area contributed by atoms with Gasteiger partial charge in [0.05, 0.1) is 13.2 Å². The SMILES string of the molecule is CCOC(=O)N1CCN(Cc2nc(-c3ccsc3)no2)CC1. The fourth-order valence-corrected chi connectivity index (χ4v) is 2.96. The minimum atomic E-state index is -0.236. The Kier molecular flexibility index (Phi) is 4.69. The first-order valence-electron chi connectivity index (χ1n) is 7.25. The van der Waals surface area contributed by atoms with Crippen LogP contribution in [0.2, 0.25) is 0 Å². The molecule has 2 aromatic rings. The van der Waals surface area contributed by atoms with E-state index in [1.54, 1.807) is 16.2 Å². The second-order valence-electron chi connectivity index (χ2n) is 4.99. The number of piperazine rings is 1. The second kappa shape index (κ2) is 6.89. The van der Waals surface area contributed by atoms with Gasteiger partial charge in [-0.15, -0.1) is 0 Å². The van der Waals surface area contributed by atoms with Crippen molar-refractivity contribution in [2.75, 3.05) is 32.8 Å². The Hall–Kier alpha value is -1.93. The van der Waals surface area contributed by atoms with Crippen LogP contribution in [-0.2, 0) is 11.3 Å². The van der Waals surface area contributed by atoms with E-state index in [9.17, 15) is 4.79 Å². The van der Waals surface area contributed by atoms with Gasteiger partial charge in [0.25, 0.3) is 0 Å². The number of hydrogen-bond donors (Lipinski definition) is 0. The number of ether oxygens (including phenoxy) is 1. The molecule has 1 aliphatic heterocycles. The molecule has 0 atom stereocenters. The lowest BCUT2D eigenvalue weighted by atomic mass is 10.3. The molecule has 3 heterocycles. The van der Waals surface area contributed by atoms with Gasteiger partial charge in [-0.3, -0.25) is 4.90 Å². The zero-order valence-corrected chi connectivity index (χ0v) is 13.2. The van der Waals surface area contributed by atoms with Gasteiger partial charge in [0, 0.05) is 37.1 Å². The number of nitrogens with zero attached hydrogens (tertiary/aromatic N) is 4. The highest BCUT2D eigenvalue weighted by atomic mass is 32.1. The van der Waals surface area contributed by atoms with Crippen LogP contribution in [0.25, 0.3) is 11.4 Å². The molecule has 0 radical (unpaired) electrons. The van der Waals surface area contributed by atoms with Gasteiger partial charge in [-0.2, -0.15) is 16.3 Å². The summed E-state index contributed by atoms with van der Waals surface area (Å²) in [6.07, 6.45) is -0.236. The largest absolute Gasteiger partial charge is 0.450 e. The molecule has 0 unspecified atom stereocenters. The van der Waals surface area contributed by atoms with Gasteiger partial charge in [0.1, 0.15) is 0 Å². The molecule has 0 aliphatic carbocycles. The maximum absolute atomic E-state index is 11.6. The Morgan fingerprint density at radius 3 is 2.91 bits per heavy atom.